The molecule has 0 amide bonds. The van der Waals surface area contributed by atoms with E-state index in [1.54, 1.807) is 0 Å². The van der Waals surface area contributed by atoms with E-state index >= 15 is 0 Å². The van der Waals surface area contributed by atoms with Crippen LogP contribution in [0, 0.1) is 5.41 Å². The first-order valence-corrected chi connectivity index (χ1v) is 9.33. The molecular weight excluding hydrogens is 316 g/mol. The van der Waals surface area contributed by atoms with Gasteiger partial charge in [-0.3, -0.25) is 10.2 Å². The predicted octanol–water partition coefficient (Wildman–Crippen LogP) is 2.23. The number of ether oxygens (including phenoxy) is 1. The zero-order valence-electron chi connectivity index (χ0n) is 15.0. The Morgan fingerprint density at radius 1 is 1.28 bits per heavy atom. The second-order valence-corrected chi connectivity index (χ2v) is 7.34. The average Bonchev–Trinajstić information content (AvgIpc) is 2.84. The van der Waals surface area contributed by atoms with E-state index in [1.807, 2.05) is 19.1 Å². The molecule has 1 fully saturated rings. The Morgan fingerprint density at radius 3 is 2.92 bits per heavy atom. The largest absolute Gasteiger partial charge is 0.487 e. The zero-order chi connectivity index (χ0) is 17.8. The fraction of sp³-hybridized carbons (Fsp3) is 0.632. The van der Waals surface area contributed by atoms with E-state index in [1.165, 1.54) is 0 Å². The second-order valence-electron chi connectivity index (χ2n) is 7.34. The number of amidine groups is 1. The maximum absolute atomic E-state index is 8.42. The van der Waals surface area contributed by atoms with E-state index in [4.69, 9.17) is 26.6 Å². The van der Waals surface area contributed by atoms with Gasteiger partial charge >= 0.3 is 0 Å². The first kappa shape index (κ1) is 18.2. The molecule has 2 aliphatic rings. The molecule has 25 heavy (non-hydrogen) atoms. The Balaban J connectivity index is 1.63. The van der Waals surface area contributed by atoms with Gasteiger partial charge in [0.2, 0.25) is 0 Å². The van der Waals surface area contributed by atoms with Crippen molar-refractivity contribution in [3.63, 3.8) is 0 Å². The second kappa shape index (κ2) is 8.17. The molecule has 1 aromatic carbocycles. The van der Waals surface area contributed by atoms with Crippen LogP contribution < -0.4 is 21.7 Å². The third-order valence-electron chi connectivity index (χ3n) is 5.43. The molecule has 1 saturated carbocycles. The maximum Gasteiger partial charge on any atom is 0.127 e. The van der Waals surface area contributed by atoms with Gasteiger partial charge in [-0.15, -0.1) is 0 Å². The first-order valence-electron chi connectivity index (χ1n) is 9.33. The SMILES string of the molecule is C[C@H](ON)[C@H]1CCc2cc(C(=N)NC3CCCC(N)CC3)ccc2O1. The van der Waals surface area contributed by atoms with Crippen molar-refractivity contribution in [2.45, 2.75) is 76.2 Å². The number of rotatable bonds is 4. The number of aryl methyl sites for hydroxylation is 1. The molecule has 6 heteroatoms. The number of fused-ring (bicyclic) bond motifs is 1. The van der Waals surface area contributed by atoms with E-state index in [9.17, 15) is 0 Å². The molecule has 0 spiro atoms. The van der Waals surface area contributed by atoms with Crippen LogP contribution in [-0.2, 0) is 11.3 Å². The molecule has 2 unspecified atom stereocenters. The molecule has 6 N–H and O–H groups in total. The maximum atomic E-state index is 8.42. The van der Waals surface area contributed by atoms with Gasteiger partial charge in [-0.05, 0) is 75.6 Å². The van der Waals surface area contributed by atoms with Crippen molar-refractivity contribution in [1.29, 1.82) is 5.41 Å². The van der Waals surface area contributed by atoms with Crippen LogP contribution in [0.25, 0.3) is 0 Å². The monoisotopic (exact) mass is 346 g/mol. The van der Waals surface area contributed by atoms with Crippen LogP contribution in [0.1, 0.15) is 56.6 Å². The van der Waals surface area contributed by atoms with E-state index in [0.717, 1.165) is 61.8 Å². The molecule has 1 aliphatic heterocycles. The van der Waals surface area contributed by atoms with Crippen molar-refractivity contribution in [2.75, 3.05) is 0 Å². The van der Waals surface area contributed by atoms with Crippen molar-refractivity contribution in [2.24, 2.45) is 11.6 Å². The van der Waals surface area contributed by atoms with Gasteiger partial charge in [0.15, 0.2) is 0 Å². The molecule has 6 nitrogen and oxygen atoms in total. The fourth-order valence-corrected chi connectivity index (χ4v) is 3.75. The van der Waals surface area contributed by atoms with Gasteiger partial charge in [-0.1, -0.05) is 0 Å². The highest BCUT2D eigenvalue weighted by molar-refractivity contribution is 5.96. The molecule has 1 aromatic rings. The molecule has 0 saturated heterocycles. The lowest BCUT2D eigenvalue weighted by molar-refractivity contribution is -0.0238. The van der Waals surface area contributed by atoms with Crippen LogP contribution in [-0.4, -0.2) is 30.1 Å². The minimum Gasteiger partial charge on any atom is -0.487 e. The summed E-state index contributed by atoms with van der Waals surface area (Å²) in [7, 11) is 0. The lowest BCUT2D eigenvalue weighted by Crippen LogP contribution is -2.37. The summed E-state index contributed by atoms with van der Waals surface area (Å²) < 4.78 is 5.99. The Bertz CT molecular complexity index is 607. The third-order valence-corrected chi connectivity index (χ3v) is 5.43. The fourth-order valence-electron chi connectivity index (χ4n) is 3.75. The van der Waals surface area contributed by atoms with Gasteiger partial charge in [-0.2, -0.15) is 0 Å². The van der Waals surface area contributed by atoms with Gasteiger partial charge < -0.3 is 15.8 Å². The van der Waals surface area contributed by atoms with Crippen molar-refractivity contribution >= 4 is 5.84 Å². The van der Waals surface area contributed by atoms with Gasteiger partial charge in [0, 0.05) is 17.6 Å². The molecule has 0 radical (unpaired) electrons. The molecule has 1 heterocycles. The molecular formula is C19H30N4O2. The van der Waals surface area contributed by atoms with Crippen LogP contribution in [0.3, 0.4) is 0 Å². The minimum atomic E-state index is -0.130. The van der Waals surface area contributed by atoms with Crippen LogP contribution in [0.5, 0.6) is 5.75 Å². The number of nitrogens with one attached hydrogen (secondary N) is 2. The highest BCUT2D eigenvalue weighted by atomic mass is 16.6. The van der Waals surface area contributed by atoms with Crippen LogP contribution >= 0.6 is 0 Å². The summed E-state index contributed by atoms with van der Waals surface area (Å²) >= 11 is 0. The summed E-state index contributed by atoms with van der Waals surface area (Å²) in [5.74, 6) is 6.63. The smallest absolute Gasteiger partial charge is 0.127 e. The number of hydrogen-bond acceptors (Lipinski definition) is 5. The van der Waals surface area contributed by atoms with Crippen LogP contribution in [0.4, 0.5) is 0 Å². The zero-order valence-corrected chi connectivity index (χ0v) is 15.0. The number of benzene rings is 1. The van der Waals surface area contributed by atoms with Crippen LogP contribution in [0.2, 0.25) is 0 Å². The van der Waals surface area contributed by atoms with Crippen molar-refractivity contribution < 1.29 is 9.57 Å². The molecule has 1 aliphatic carbocycles. The molecule has 3 rings (SSSR count). The van der Waals surface area contributed by atoms with Crippen molar-refractivity contribution in [3.8, 4) is 5.75 Å². The molecule has 0 bridgehead atoms. The average molecular weight is 346 g/mol. The topological polar surface area (TPSA) is 106 Å². The van der Waals surface area contributed by atoms with Gasteiger partial charge in [-0.25, -0.2) is 5.90 Å². The molecule has 0 aromatic heterocycles. The van der Waals surface area contributed by atoms with E-state index in [0.29, 0.717) is 17.9 Å². The quantitative estimate of drug-likeness (QED) is 0.289. The summed E-state index contributed by atoms with van der Waals surface area (Å²) in [4.78, 5) is 4.89. The minimum absolute atomic E-state index is 0.0175. The highest BCUT2D eigenvalue weighted by Crippen LogP contribution is 2.30. The lowest BCUT2D eigenvalue weighted by atomic mass is 9.97. The lowest BCUT2D eigenvalue weighted by Gasteiger charge is -2.29. The summed E-state index contributed by atoms with van der Waals surface area (Å²) in [6.07, 6.45) is 7.01. The standard InChI is InChI=1S/C19H30N4O2/c1-12(25-22)17-9-5-13-11-14(6-10-18(13)24-17)19(21)23-16-4-2-3-15(20)7-8-16/h6,10-12,15-17H,2-5,7-9,20,22H2,1H3,(H2,21,23)/t12-,15?,16?,17+/m0/s1. The van der Waals surface area contributed by atoms with Gasteiger partial charge in [0.1, 0.15) is 23.8 Å². The summed E-state index contributed by atoms with van der Waals surface area (Å²) in [5, 5.41) is 11.8. The number of hydrogen-bond donors (Lipinski definition) is 4. The molecule has 138 valence electrons. The van der Waals surface area contributed by atoms with E-state index in [-0.39, 0.29) is 12.2 Å². The highest BCUT2D eigenvalue weighted by Gasteiger charge is 2.26. The normalized spacial score (nSPS) is 27.6. The van der Waals surface area contributed by atoms with E-state index in [2.05, 4.69) is 11.4 Å². The Labute approximate surface area is 149 Å². The predicted molar refractivity (Wildman–Crippen MR) is 98.7 cm³/mol. The van der Waals surface area contributed by atoms with Gasteiger partial charge in [0.05, 0.1) is 0 Å². The van der Waals surface area contributed by atoms with Gasteiger partial charge in [0.25, 0.3) is 0 Å². The van der Waals surface area contributed by atoms with E-state index < -0.39 is 0 Å². The summed E-state index contributed by atoms with van der Waals surface area (Å²) in [5.41, 5.74) is 8.11. The summed E-state index contributed by atoms with van der Waals surface area (Å²) in [6, 6.07) is 6.64. The Kier molecular flexibility index (Phi) is 5.93. The third kappa shape index (κ3) is 4.51. The van der Waals surface area contributed by atoms with Crippen molar-refractivity contribution in [1.82, 2.24) is 5.32 Å². The molecule has 4 atom stereocenters. The Morgan fingerprint density at radius 2 is 2.12 bits per heavy atom. The first-order chi connectivity index (χ1) is 12.1. The van der Waals surface area contributed by atoms with Crippen LogP contribution in [0.15, 0.2) is 18.2 Å². The number of nitrogens with two attached hydrogens (primary N) is 2. The summed E-state index contributed by atoms with van der Waals surface area (Å²) in [6.45, 7) is 1.92. The Hall–Kier alpha value is -1.63. The van der Waals surface area contributed by atoms with Crippen molar-refractivity contribution in [3.05, 3.63) is 29.3 Å².